The maximum Gasteiger partial charge on any atom is 0.196 e. The van der Waals surface area contributed by atoms with E-state index in [4.69, 9.17) is 9.47 Å². The molecular formula is C15H13NO3. The molecule has 0 unspecified atom stereocenters. The second-order valence-corrected chi connectivity index (χ2v) is 4.27. The van der Waals surface area contributed by atoms with Crippen LogP contribution in [0.15, 0.2) is 42.1 Å². The number of fused-ring (bicyclic) bond motifs is 1. The first-order valence-electron chi connectivity index (χ1n) is 5.97. The molecule has 1 aromatic carbocycles. The van der Waals surface area contributed by atoms with Gasteiger partial charge in [-0.2, -0.15) is 0 Å². The van der Waals surface area contributed by atoms with Crippen LogP contribution in [0, 0.1) is 0 Å². The highest BCUT2D eigenvalue weighted by Gasteiger charge is 2.23. The number of aromatic amines is 1. The first kappa shape index (κ1) is 11.6. The summed E-state index contributed by atoms with van der Waals surface area (Å²) < 4.78 is 10.7. The fourth-order valence-electron chi connectivity index (χ4n) is 2.06. The van der Waals surface area contributed by atoms with Crippen LogP contribution >= 0.6 is 0 Å². The molecule has 2 heterocycles. The number of H-pyrrole nitrogens is 1. The number of hydrogen-bond acceptors (Lipinski definition) is 3. The molecule has 1 aromatic heterocycles. The van der Waals surface area contributed by atoms with Crippen LogP contribution in [0.3, 0.4) is 0 Å². The molecule has 4 nitrogen and oxygen atoms in total. The summed E-state index contributed by atoms with van der Waals surface area (Å²) in [5.41, 5.74) is 2.11. The summed E-state index contributed by atoms with van der Waals surface area (Å²) in [7, 11) is 1.59. The van der Waals surface area contributed by atoms with Gasteiger partial charge in [0.25, 0.3) is 0 Å². The predicted molar refractivity (Wildman–Crippen MR) is 71.6 cm³/mol. The summed E-state index contributed by atoms with van der Waals surface area (Å²) in [5.74, 6) is 1.26. The minimum absolute atomic E-state index is 0.00139. The fraction of sp³-hybridized carbons (Fsp3) is 0.133. The highest BCUT2D eigenvalue weighted by molar-refractivity contribution is 6.14. The Hall–Kier alpha value is -2.49. The molecule has 96 valence electrons. The Bertz CT molecular complexity index is 641. The predicted octanol–water partition coefficient (Wildman–Crippen LogP) is 2.68. The minimum atomic E-state index is -0.00139. The van der Waals surface area contributed by atoms with E-state index in [0.717, 1.165) is 5.69 Å². The number of carbonyl (C=O) groups is 1. The Labute approximate surface area is 110 Å². The summed E-state index contributed by atoms with van der Waals surface area (Å²) in [4.78, 5) is 15.4. The summed E-state index contributed by atoms with van der Waals surface area (Å²) in [6.07, 6.45) is 3.63. The normalized spacial score (nSPS) is 16.1. The lowest BCUT2D eigenvalue weighted by Crippen LogP contribution is -2.19. The minimum Gasteiger partial charge on any atom is -0.497 e. The second kappa shape index (κ2) is 4.65. The molecule has 0 saturated heterocycles. The van der Waals surface area contributed by atoms with Crippen LogP contribution in [0.2, 0.25) is 0 Å². The molecule has 1 N–H and O–H groups in total. The molecule has 0 amide bonds. The van der Waals surface area contributed by atoms with Gasteiger partial charge >= 0.3 is 0 Å². The van der Waals surface area contributed by atoms with Crippen molar-refractivity contribution in [1.82, 2.24) is 4.98 Å². The zero-order valence-corrected chi connectivity index (χ0v) is 10.5. The van der Waals surface area contributed by atoms with E-state index in [0.29, 0.717) is 22.6 Å². The van der Waals surface area contributed by atoms with Crippen molar-refractivity contribution >= 4 is 11.9 Å². The van der Waals surface area contributed by atoms with Gasteiger partial charge in [-0.15, -0.1) is 0 Å². The number of hydrogen-bond donors (Lipinski definition) is 1. The molecule has 0 spiro atoms. The van der Waals surface area contributed by atoms with E-state index in [1.807, 2.05) is 24.4 Å². The van der Waals surface area contributed by atoms with Crippen molar-refractivity contribution in [2.45, 2.75) is 0 Å². The van der Waals surface area contributed by atoms with E-state index in [2.05, 4.69) is 4.98 Å². The molecule has 1 aliphatic heterocycles. The Kier molecular flexibility index (Phi) is 2.83. The highest BCUT2D eigenvalue weighted by Crippen LogP contribution is 2.31. The third kappa shape index (κ3) is 2.12. The van der Waals surface area contributed by atoms with Crippen molar-refractivity contribution in [1.29, 1.82) is 0 Å². The largest absolute Gasteiger partial charge is 0.497 e. The molecule has 0 aliphatic carbocycles. The van der Waals surface area contributed by atoms with Gasteiger partial charge in [-0.25, -0.2) is 0 Å². The van der Waals surface area contributed by atoms with Crippen molar-refractivity contribution < 1.29 is 14.3 Å². The topological polar surface area (TPSA) is 51.3 Å². The molecule has 0 saturated carbocycles. The average Bonchev–Trinajstić information content (AvgIpc) is 2.94. The summed E-state index contributed by atoms with van der Waals surface area (Å²) in [5, 5.41) is 0. The monoisotopic (exact) mass is 255 g/mol. The standard InChI is InChI=1S/C15H13NO3/c1-18-12-4-5-13-14(8-12)19-9-10(15(13)17)7-11-3-2-6-16-11/h2-8,16H,9H2,1H3/b10-7+. The molecule has 0 radical (unpaired) electrons. The average molecular weight is 255 g/mol. The van der Waals surface area contributed by atoms with Gasteiger partial charge in [-0.1, -0.05) is 0 Å². The third-order valence-corrected chi connectivity index (χ3v) is 3.06. The molecule has 0 atom stereocenters. The van der Waals surface area contributed by atoms with Gasteiger partial charge < -0.3 is 14.5 Å². The first-order chi connectivity index (χ1) is 9.28. The maximum atomic E-state index is 12.3. The smallest absolute Gasteiger partial charge is 0.196 e. The van der Waals surface area contributed by atoms with Gasteiger partial charge in [-0.05, 0) is 30.3 Å². The molecule has 1 aliphatic rings. The van der Waals surface area contributed by atoms with Gasteiger partial charge in [0.2, 0.25) is 0 Å². The Morgan fingerprint density at radius 3 is 3.00 bits per heavy atom. The number of ketones is 1. The number of ether oxygens (including phenoxy) is 2. The van der Waals surface area contributed by atoms with Crippen LogP contribution in [-0.2, 0) is 0 Å². The van der Waals surface area contributed by atoms with Crippen LogP contribution in [0.5, 0.6) is 11.5 Å². The number of aromatic nitrogens is 1. The fourth-order valence-corrected chi connectivity index (χ4v) is 2.06. The summed E-state index contributed by atoms with van der Waals surface area (Å²) in [6.45, 7) is 0.276. The van der Waals surface area contributed by atoms with Gasteiger partial charge in [0.15, 0.2) is 5.78 Å². The molecule has 0 bridgehead atoms. The number of methoxy groups -OCH3 is 1. The lowest BCUT2D eigenvalue weighted by atomic mass is 9.99. The molecule has 2 aromatic rings. The van der Waals surface area contributed by atoms with Crippen molar-refractivity contribution in [3.63, 3.8) is 0 Å². The number of nitrogens with one attached hydrogen (secondary N) is 1. The third-order valence-electron chi connectivity index (χ3n) is 3.06. The number of carbonyl (C=O) groups excluding carboxylic acids is 1. The molecule has 0 fully saturated rings. The van der Waals surface area contributed by atoms with Crippen LogP contribution < -0.4 is 9.47 Å². The Balaban J connectivity index is 1.96. The van der Waals surface area contributed by atoms with Gasteiger partial charge in [0.05, 0.1) is 12.7 Å². The van der Waals surface area contributed by atoms with Crippen molar-refractivity contribution in [3.05, 3.63) is 53.4 Å². The maximum absolute atomic E-state index is 12.3. The lowest BCUT2D eigenvalue weighted by molar-refractivity contribution is 0.100. The van der Waals surface area contributed by atoms with Crippen LogP contribution in [0.1, 0.15) is 16.1 Å². The SMILES string of the molecule is COc1ccc2c(c1)OC/C(=C\c1ccc[nH]1)C2=O. The first-order valence-corrected chi connectivity index (χ1v) is 5.97. The number of rotatable bonds is 2. The number of benzene rings is 1. The van der Waals surface area contributed by atoms with E-state index in [1.165, 1.54) is 0 Å². The zero-order chi connectivity index (χ0) is 13.2. The number of Topliss-reactive ketones (excluding diaryl/α,β-unsaturated/α-hetero) is 1. The summed E-state index contributed by atoms with van der Waals surface area (Å²) in [6, 6.07) is 9.03. The molecular weight excluding hydrogens is 242 g/mol. The van der Waals surface area contributed by atoms with E-state index in [1.54, 1.807) is 25.3 Å². The molecule has 19 heavy (non-hydrogen) atoms. The van der Waals surface area contributed by atoms with Crippen molar-refractivity contribution in [3.8, 4) is 11.5 Å². The summed E-state index contributed by atoms with van der Waals surface area (Å²) >= 11 is 0. The van der Waals surface area contributed by atoms with Gasteiger partial charge in [0.1, 0.15) is 18.1 Å². The van der Waals surface area contributed by atoms with E-state index in [9.17, 15) is 4.79 Å². The quantitative estimate of drug-likeness (QED) is 0.839. The van der Waals surface area contributed by atoms with Gasteiger partial charge in [-0.3, -0.25) is 4.79 Å². The van der Waals surface area contributed by atoms with E-state index < -0.39 is 0 Å². The zero-order valence-electron chi connectivity index (χ0n) is 10.5. The van der Waals surface area contributed by atoms with Crippen molar-refractivity contribution in [2.24, 2.45) is 0 Å². The van der Waals surface area contributed by atoms with Crippen LogP contribution in [0.4, 0.5) is 0 Å². The van der Waals surface area contributed by atoms with E-state index in [-0.39, 0.29) is 12.4 Å². The highest BCUT2D eigenvalue weighted by atomic mass is 16.5. The van der Waals surface area contributed by atoms with E-state index >= 15 is 0 Å². The molecule has 4 heteroatoms. The lowest BCUT2D eigenvalue weighted by Gasteiger charge is -2.19. The van der Waals surface area contributed by atoms with Crippen LogP contribution in [0.25, 0.3) is 6.08 Å². The molecule has 3 rings (SSSR count). The van der Waals surface area contributed by atoms with Crippen molar-refractivity contribution in [2.75, 3.05) is 13.7 Å². The Morgan fingerprint density at radius 2 is 2.26 bits per heavy atom. The van der Waals surface area contributed by atoms with Gasteiger partial charge in [0, 0.05) is 23.5 Å². The Morgan fingerprint density at radius 1 is 1.37 bits per heavy atom. The van der Waals surface area contributed by atoms with Crippen LogP contribution in [-0.4, -0.2) is 24.5 Å². The second-order valence-electron chi connectivity index (χ2n) is 4.27.